The minimum absolute atomic E-state index is 0.115. The summed E-state index contributed by atoms with van der Waals surface area (Å²) < 4.78 is 37.8. The quantitative estimate of drug-likeness (QED) is 0.718. The second-order valence-corrected chi connectivity index (χ2v) is 8.05. The van der Waals surface area contributed by atoms with Crippen molar-refractivity contribution in [1.82, 2.24) is 9.29 Å². The van der Waals surface area contributed by atoms with E-state index in [1.807, 2.05) is 6.07 Å². The van der Waals surface area contributed by atoms with Gasteiger partial charge in [0.05, 0.1) is 23.1 Å². The number of sulfonamides is 1. The lowest BCUT2D eigenvalue weighted by atomic mass is 10.3. The SMILES string of the molecule is N#Cc1ccnc(OC2CCN(S(=O)(=O)c3ccc(OCC(N)=O)cc3)C2)c1. The fourth-order valence-corrected chi connectivity index (χ4v) is 4.22. The highest BCUT2D eigenvalue weighted by molar-refractivity contribution is 7.89. The van der Waals surface area contributed by atoms with Crippen LogP contribution in [0.15, 0.2) is 47.5 Å². The van der Waals surface area contributed by atoms with Gasteiger partial charge < -0.3 is 15.2 Å². The molecule has 1 aliphatic rings. The Labute approximate surface area is 162 Å². The normalized spacial score (nSPS) is 17.0. The highest BCUT2D eigenvalue weighted by Crippen LogP contribution is 2.25. The summed E-state index contributed by atoms with van der Waals surface area (Å²) in [6.07, 6.45) is 1.63. The van der Waals surface area contributed by atoms with Crippen molar-refractivity contribution in [3.63, 3.8) is 0 Å². The number of nitrogens with zero attached hydrogens (tertiary/aromatic N) is 3. The smallest absolute Gasteiger partial charge is 0.255 e. The number of benzene rings is 1. The van der Waals surface area contributed by atoms with Crippen LogP contribution >= 0.6 is 0 Å². The van der Waals surface area contributed by atoms with Crippen LogP contribution in [0, 0.1) is 11.3 Å². The van der Waals surface area contributed by atoms with Gasteiger partial charge in [-0.2, -0.15) is 9.57 Å². The number of nitriles is 1. The van der Waals surface area contributed by atoms with Crippen LogP contribution in [0.25, 0.3) is 0 Å². The van der Waals surface area contributed by atoms with E-state index in [1.165, 1.54) is 40.8 Å². The first-order chi connectivity index (χ1) is 13.4. The second-order valence-electron chi connectivity index (χ2n) is 6.11. The van der Waals surface area contributed by atoms with Crippen molar-refractivity contribution in [3.8, 4) is 17.7 Å². The molecule has 1 unspecified atom stereocenters. The zero-order valence-electron chi connectivity index (χ0n) is 14.8. The Morgan fingerprint density at radius 2 is 2.07 bits per heavy atom. The first kappa shape index (κ1) is 19.6. The van der Waals surface area contributed by atoms with Crippen LogP contribution in [-0.2, 0) is 14.8 Å². The molecular formula is C18H18N4O5S. The molecule has 2 heterocycles. The lowest BCUT2D eigenvalue weighted by Crippen LogP contribution is -2.31. The fraction of sp³-hybridized carbons (Fsp3) is 0.278. The Bertz CT molecular complexity index is 1000. The third kappa shape index (κ3) is 4.57. The van der Waals surface area contributed by atoms with E-state index >= 15 is 0 Å². The van der Waals surface area contributed by atoms with Gasteiger partial charge in [-0.25, -0.2) is 13.4 Å². The maximum absolute atomic E-state index is 12.8. The van der Waals surface area contributed by atoms with Crippen molar-refractivity contribution in [2.45, 2.75) is 17.4 Å². The highest BCUT2D eigenvalue weighted by atomic mass is 32.2. The van der Waals surface area contributed by atoms with E-state index in [9.17, 15) is 13.2 Å². The highest BCUT2D eigenvalue weighted by Gasteiger charge is 2.33. The summed E-state index contributed by atoms with van der Waals surface area (Å²) in [5.41, 5.74) is 5.43. The van der Waals surface area contributed by atoms with Gasteiger partial charge in [-0.3, -0.25) is 4.79 Å². The summed E-state index contributed by atoms with van der Waals surface area (Å²) >= 11 is 0. The minimum atomic E-state index is -3.69. The maximum atomic E-state index is 12.8. The zero-order valence-corrected chi connectivity index (χ0v) is 15.6. The van der Waals surface area contributed by atoms with Crippen molar-refractivity contribution < 1.29 is 22.7 Å². The average molecular weight is 402 g/mol. The fourth-order valence-electron chi connectivity index (χ4n) is 2.74. The first-order valence-corrected chi connectivity index (χ1v) is 9.86. The Balaban J connectivity index is 1.64. The molecule has 0 spiro atoms. The summed E-state index contributed by atoms with van der Waals surface area (Å²) in [4.78, 5) is 14.9. The molecule has 2 N–H and O–H groups in total. The van der Waals surface area contributed by atoms with Crippen molar-refractivity contribution >= 4 is 15.9 Å². The summed E-state index contributed by atoms with van der Waals surface area (Å²) in [5.74, 6) is 0.0256. The van der Waals surface area contributed by atoms with Crippen LogP contribution in [0.5, 0.6) is 11.6 Å². The van der Waals surface area contributed by atoms with Gasteiger partial charge in [-0.1, -0.05) is 0 Å². The molecule has 28 heavy (non-hydrogen) atoms. The Morgan fingerprint density at radius 1 is 1.32 bits per heavy atom. The average Bonchev–Trinajstić information content (AvgIpc) is 3.16. The molecule has 0 saturated carbocycles. The summed E-state index contributed by atoms with van der Waals surface area (Å²) in [7, 11) is -3.69. The molecule has 9 nitrogen and oxygen atoms in total. The second kappa shape index (κ2) is 8.24. The van der Waals surface area contributed by atoms with E-state index in [-0.39, 0.29) is 24.2 Å². The Morgan fingerprint density at radius 3 is 2.75 bits per heavy atom. The van der Waals surface area contributed by atoms with E-state index in [2.05, 4.69) is 4.98 Å². The number of nitrogens with two attached hydrogens (primary N) is 1. The Hall–Kier alpha value is -3.16. The molecule has 3 rings (SSSR count). The molecular weight excluding hydrogens is 384 g/mol. The molecule has 146 valence electrons. The number of carbonyl (C=O) groups is 1. The number of pyridine rings is 1. The molecule has 0 radical (unpaired) electrons. The number of aromatic nitrogens is 1. The van der Waals surface area contributed by atoms with Gasteiger partial charge in [-0.15, -0.1) is 0 Å². The predicted molar refractivity (Wildman–Crippen MR) is 97.9 cm³/mol. The lowest BCUT2D eigenvalue weighted by molar-refractivity contribution is -0.119. The minimum Gasteiger partial charge on any atom is -0.484 e. The molecule has 1 aliphatic heterocycles. The lowest BCUT2D eigenvalue weighted by Gasteiger charge is -2.17. The molecule has 0 aliphatic carbocycles. The number of amides is 1. The molecule has 1 aromatic carbocycles. The van der Waals surface area contributed by atoms with Gasteiger partial charge in [0.15, 0.2) is 6.61 Å². The van der Waals surface area contributed by atoms with E-state index in [0.29, 0.717) is 30.2 Å². The number of hydrogen-bond acceptors (Lipinski definition) is 7. The molecule has 2 aromatic rings. The molecule has 1 aromatic heterocycles. The molecule has 10 heteroatoms. The molecule has 0 bridgehead atoms. The van der Waals surface area contributed by atoms with Gasteiger partial charge in [-0.05, 0) is 36.8 Å². The first-order valence-electron chi connectivity index (χ1n) is 8.42. The zero-order chi connectivity index (χ0) is 20.1. The van der Waals surface area contributed by atoms with Crippen molar-refractivity contribution in [1.29, 1.82) is 5.26 Å². The van der Waals surface area contributed by atoms with Crippen molar-refractivity contribution in [2.24, 2.45) is 5.73 Å². The van der Waals surface area contributed by atoms with Crippen LogP contribution in [-0.4, -0.2) is 49.4 Å². The van der Waals surface area contributed by atoms with Crippen LogP contribution in [0.4, 0.5) is 0 Å². The summed E-state index contributed by atoms with van der Waals surface area (Å²) in [5, 5.41) is 8.93. The van der Waals surface area contributed by atoms with Gasteiger partial charge in [0.2, 0.25) is 15.9 Å². The number of carbonyl (C=O) groups excluding carboxylic acids is 1. The van der Waals surface area contributed by atoms with Gasteiger partial charge in [0, 0.05) is 18.8 Å². The summed E-state index contributed by atoms with van der Waals surface area (Å²) in [6, 6.07) is 10.9. The van der Waals surface area contributed by atoms with E-state index in [1.54, 1.807) is 6.07 Å². The van der Waals surface area contributed by atoms with Crippen molar-refractivity contribution in [3.05, 3.63) is 48.2 Å². The number of ether oxygens (including phenoxy) is 2. The Kier molecular flexibility index (Phi) is 5.77. The van der Waals surface area contributed by atoms with E-state index in [0.717, 1.165) is 0 Å². The van der Waals surface area contributed by atoms with Crippen LogP contribution in [0.1, 0.15) is 12.0 Å². The van der Waals surface area contributed by atoms with E-state index in [4.69, 9.17) is 20.5 Å². The number of primary amides is 1. The third-order valence-corrected chi connectivity index (χ3v) is 5.98. The largest absolute Gasteiger partial charge is 0.484 e. The van der Waals surface area contributed by atoms with Crippen LogP contribution in [0.2, 0.25) is 0 Å². The topological polar surface area (TPSA) is 136 Å². The van der Waals surface area contributed by atoms with Crippen molar-refractivity contribution in [2.75, 3.05) is 19.7 Å². The monoisotopic (exact) mass is 402 g/mol. The summed E-state index contributed by atoms with van der Waals surface area (Å²) in [6.45, 7) is 0.212. The van der Waals surface area contributed by atoms with Crippen LogP contribution < -0.4 is 15.2 Å². The predicted octanol–water partition coefficient (Wildman–Crippen LogP) is 0.659. The van der Waals surface area contributed by atoms with Gasteiger partial charge in [0.1, 0.15) is 11.9 Å². The van der Waals surface area contributed by atoms with Gasteiger partial charge in [0.25, 0.3) is 5.91 Å². The van der Waals surface area contributed by atoms with E-state index < -0.39 is 15.9 Å². The molecule has 1 saturated heterocycles. The number of hydrogen-bond donors (Lipinski definition) is 1. The van der Waals surface area contributed by atoms with Crippen LogP contribution in [0.3, 0.4) is 0 Å². The molecule has 1 amide bonds. The third-order valence-electron chi connectivity index (χ3n) is 4.10. The molecule has 1 atom stereocenters. The molecule has 1 fully saturated rings. The number of rotatable bonds is 7. The standard InChI is InChI=1S/C18H18N4O5S/c19-10-13-5-7-21-18(9-13)27-15-6-8-22(11-15)28(24,25)16-3-1-14(2-4-16)26-12-17(20)23/h1-5,7,9,15H,6,8,11-12H2,(H2,20,23). The maximum Gasteiger partial charge on any atom is 0.255 e. The van der Waals surface area contributed by atoms with Gasteiger partial charge >= 0.3 is 0 Å².